The third-order valence-corrected chi connectivity index (χ3v) is 4.82. The maximum atomic E-state index is 4.16. The van der Waals surface area contributed by atoms with E-state index in [4.69, 9.17) is 0 Å². The van der Waals surface area contributed by atoms with Crippen molar-refractivity contribution >= 4 is 0 Å². The summed E-state index contributed by atoms with van der Waals surface area (Å²) in [6.45, 7) is 7.01. The molecule has 1 saturated carbocycles. The van der Waals surface area contributed by atoms with Gasteiger partial charge in [-0.2, -0.15) is 0 Å². The summed E-state index contributed by atoms with van der Waals surface area (Å²) in [5, 5.41) is 12.1. The van der Waals surface area contributed by atoms with E-state index in [1.807, 2.05) is 0 Å². The summed E-state index contributed by atoms with van der Waals surface area (Å²) in [5.74, 6) is 1.83. The average Bonchev–Trinajstić information content (AvgIpc) is 2.61. The van der Waals surface area contributed by atoms with Crippen molar-refractivity contribution in [3.63, 3.8) is 0 Å². The van der Waals surface area contributed by atoms with Crippen molar-refractivity contribution in [2.24, 2.45) is 11.3 Å². The van der Waals surface area contributed by atoms with E-state index in [0.29, 0.717) is 5.41 Å². The van der Waals surface area contributed by atoms with Gasteiger partial charge in [-0.3, -0.25) is 0 Å². The van der Waals surface area contributed by atoms with Gasteiger partial charge in [0.05, 0.1) is 5.54 Å². The third-order valence-electron chi connectivity index (χ3n) is 4.82. The van der Waals surface area contributed by atoms with Gasteiger partial charge >= 0.3 is 0 Å². The van der Waals surface area contributed by atoms with Crippen molar-refractivity contribution in [1.82, 2.24) is 20.2 Å². The normalized spacial score (nSPS) is 38.4. The van der Waals surface area contributed by atoms with Crippen LogP contribution in [0.5, 0.6) is 0 Å². The average molecular weight is 192 g/mol. The molecular formula is C10H16N4. The van der Waals surface area contributed by atoms with E-state index in [9.17, 15) is 0 Å². The molecule has 1 aliphatic heterocycles. The zero-order chi connectivity index (χ0) is 9.97. The van der Waals surface area contributed by atoms with Gasteiger partial charge in [0.15, 0.2) is 5.82 Å². The lowest BCUT2D eigenvalue weighted by molar-refractivity contribution is 0.0551. The van der Waals surface area contributed by atoms with Crippen LogP contribution in [0.25, 0.3) is 0 Å². The van der Waals surface area contributed by atoms with Crippen LogP contribution >= 0.6 is 0 Å². The minimum absolute atomic E-state index is 0.134. The molecule has 2 unspecified atom stereocenters. The Labute approximate surface area is 83.7 Å². The summed E-state index contributed by atoms with van der Waals surface area (Å²) >= 11 is 0. The number of fused-ring (bicyclic) bond motifs is 4. The highest BCUT2D eigenvalue weighted by Crippen LogP contribution is 2.57. The van der Waals surface area contributed by atoms with E-state index in [0.717, 1.165) is 18.2 Å². The second kappa shape index (κ2) is 2.18. The Morgan fingerprint density at radius 2 is 2.14 bits per heavy atom. The molecule has 0 aromatic carbocycles. The molecule has 3 rings (SSSR count). The molecule has 4 heteroatoms. The van der Waals surface area contributed by atoms with Crippen molar-refractivity contribution in [3.05, 3.63) is 5.82 Å². The molecule has 0 radical (unpaired) electrons. The fraction of sp³-hybridized carbons (Fsp3) is 0.900. The summed E-state index contributed by atoms with van der Waals surface area (Å²) < 4.78 is 2.07. The number of rotatable bonds is 0. The minimum Gasteiger partial charge on any atom is -0.223 e. The molecule has 4 nitrogen and oxygen atoms in total. The highest BCUT2D eigenvalue weighted by molar-refractivity contribution is 5.12. The van der Waals surface area contributed by atoms with E-state index in [2.05, 4.69) is 41.0 Å². The van der Waals surface area contributed by atoms with Crippen molar-refractivity contribution < 1.29 is 0 Å². The van der Waals surface area contributed by atoms with Crippen LogP contribution in [0, 0.1) is 11.3 Å². The molecule has 14 heavy (non-hydrogen) atoms. The maximum absolute atomic E-state index is 4.16. The Morgan fingerprint density at radius 3 is 2.93 bits per heavy atom. The smallest absolute Gasteiger partial charge is 0.152 e. The summed E-state index contributed by atoms with van der Waals surface area (Å²) in [6, 6.07) is 0. The predicted molar refractivity (Wildman–Crippen MR) is 51.7 cm³/mol. The van der Waals surface area contributed by atoms with Crippen LogP contribution in [-0.2, 0) is 12.0 Å². The highest BCUT2D eigenvalue weighted by Gasteiger charge is 2.57. The minimum atomic E-state index is 0.134. The summed E-state index contributed by atoms with van der Waals surface area (Å²) in [5.41, 5.74) is 0.462. The molecule has 2 bridgehead atoms. The molecule has 1 aliphatic carbocycles. The Morgan fingerprint density at radius 1 is 1.36 bits per heavy atom. The number of nitrogens with zero attached hydrogens (tertiary/aromatic N) is 4. The Bertz CT molecular complexity index is 381. The van der Waals surface area contributed by atoms with Gasteiger partial charge in [0.25, 0.3) is 0 Å². The number of aromatic nitrogens is 4. The topological polar surface area (TPSA) is 43.6 Å². The zero-order valence-electron chi connectivity index (χ0n) is 8.99. The van der Waals surface area contributed by atoms with Crippen LogP contribution in [0.1, 0.15) is 39.4 Å². The zero-order valence-corrected chi connectivity index (χ0v) is 8.99. The third kappa shape index (κ3) is 0.699. The van der Waals surface area contributed by atoms with Gasteiger partial charge in [-0.05, 0) is 41.5 Å². The lowest BCUT2D eigenvalue weighted by atomic mass is 9.68. The van der Waals surface area contributed by atoms with Crippen molar-refractivity contribution in [2.75, 3.05) is 0 Å². The summed E-state index contributed by atoms with van der Waals surface area (Å²) in [6.07, 6.45) is 3.56. The van der Waals surface area contributed by atoms with Gasteiger partial charge in [0.2, 0.25) is 0 Å². The van der Waals surface area contributed by atoms with E-state index >= 15 is 0 Å². The molecule has 2 heterocycles. The standard InChI is InChI=1S/C10H16N4/c1-9(2)7-4-5-10(9,3)14-8(6-7)11-12-13-14/h7H,4-6H2,1-3H3. The first-order chi connectivity index (χ1) is 6.56. The molecule has 0 N–H and O–H groups in total. The number of hydrogen-bond donors (Lipinski definition) is 0. The second-order valence-corrected chi connectivity index (χ2v) is 5.44. The van der Waals surface area contributed by atoms with Crippen molar-refractivity contribution in [2.45, 2.75) is 45.6 Å². The highest BCUT2D eigenvalue weighted by atomic mass is 15.6. The second-order valence-electron chi connectivity index (χ2n) is 5.44. The first-order valence-electron chi connectivity index (χ1n) is 5.33. The van der Waals surface area contributed by atoms with Crippen LogP contribution in [-0.4, -0.2) is 20.2 Å². The Hall–Kier alpha value is -0.930. The van der Waals surface area contributed by atoms with Crippen LogP contribution in [0.4, 0.5) is 0 Å². The van der Waals surface area contributed by atoms with Gasteiger partial charge in [0.1, 0.15) is 0 Å². The molecule has 0 saturated heterocycles. The van der Waals surface area contributed by atoms with Crippen LogP contribution < -0.4 is 0 Å². The summed E-state index contributed by atoms with van der Waals surface area (Å²) in [7, 11) is 0. The summed E-state index contributed by atoms with van der Waals surface area (Å²) in [4.78, 5) is 0. The lowest BCUT2D eigenvalue weighted by Crippen LogP contribution is -2.48. The van der Waals surface area contributed by atoms with Gasteiger partial charge < -0.3 is 0 Å². The molecule has 76 valence electrons. The van der Waals surface area contributed by atoms with E-state index in [1.165, 1.54) is 12.8 Å². The molecule has 2 aliphatic rings. The maximum Gasteiger partial charge on any atom is 0.152 e. The van der Waals surface area contributed by atoms with Gasteiger partial charge in [-0.1, -0.05) is 13.8 Å². The van der Waals surface area contributed by atoms with Gasteiger partial charge in [-0.25, -0.2) is 4.68 Å². The van der Waals surface area contributed by atoms with E-state index in [1.54, 1.807) is 0 Å². The molecule has 1 fully saturated rings. The Kier molecular flexibility index (Phi) is 1.30. The molecule has 1 aromatic rings. The van der Waals surface area contributed by atoms with E-state index < -0.39 is 0 Å². The molecular weight excluding hydrogens is 176 g/mol. The quantitative estimate of drug-likeness (QED) is 0.623. The Balaban J connectivity index is 2.24. The fourth-order valence-electron chi connectivity index (χ4n) is 3.25. The first-order valence-corrected chi connectivity index (χ1v) is 5.33. The van der Waals surface area contributed by atoms with Crippen molar-refractivity contribution in [1.29, 1.82) is 0 Å². The predicted octanol–water partition coefficient (Wildman–Crippen LogP) is 1.38. The van der Waals surface area contributed by atoms with Gasteiger partial charge in [0, 0.05) is 6.42 Å². The van der Waals surface area contributed by atoms with E-state index in [-0.39, 0.29) is 5.54 Å². The van der Waals surface area contributed by atoms with Crippen LogP contribution in [0.3, 0.4) is 0 Å². The lowest BCUT2D eigenvalue weighted by Gasteiger charge is -2.45. The SMILES string of the molecule is CC1(C)C2CCC1(C)n1nnnc1C2. The number of tetrazole rings is 1. The molecule has 0 amide bonds. The monoisotopic (exact) mass is 192 g/mol. The first kappa shape index (κ1) is 8.38. The van der Waals surface area contributed by atoms with Crippen LogP contribution in [0.15, 0.2) is 0 Å². The number of hydrogen-bond acceptors (Lipinski definition) is 3. The van der Waals surface area contributed by atoms with Gasteiger partial charge in [-0.15, -0.1) is 5.10 Å². The molecule has 1 aromatic heterocycles. The fourth-order valence-corrected chi connectivity index (χ4v) is 3.25. The molecule has 2 atom stereocenters. The van der Waals surface area contributed by atoms with Crippen molar-refractivity contribution in [3.8, 4) is 0 Å². The largest absolute Gasteiger partial charge is 0.223 e. The molecule has 0 spiro atoms. The van der Waals surface area contributed by atoms with Crippen LogP contribution in [0.2, 0.25) is 0 Å².